The van der Waals surface area contributed by atoms with Crippen LogP contribution < -0.4 is 4.74 Å². The average Bonchev–Trinajstić information content (AvgIpc) is 2.57. The summed E-state index contributed by atoms with van der Waals surface area (Å²) in [6.07, 6.45) is -0.463. The van der Waals surface area contributed by atoms with Gasteiger partial charge < -0.3 is 14.7 Å². The molecule has 1 amide bonds. The number of hydrogen-bond acceptors (Lipinski definition) is 3. The highest BCUT2D eigenvalue weighted by molar-refractivity contribution is 5.83. The van der Waals surface area contributed by atoms with Gasteiger partial charge in [0.2, 0.25) is 0 Å². The van der Waals surface area contributed by atoms with Crippen molar-refractivity contribution in [2.45, 2.75) is 18.6 Å². The number of likely N-dealkylation sites (N-methyl/N-ethyl adjacent to an activating group) is 1. The van der Waals surface area contributed by atoms with Crippen LogP contribution >= 0.6 is 0 Å². The first-order valence-corrected chi connectivity index (χ1v) is 5.22. The van der Waals surface area contributed by atoms with Crippen LogP contribution in [0.5, 0.6) is 5.75 Å². The lowest BCUT2D eigenvalue weighted by Gasteiger charge is -2.21. The van der Waals surface area contributed by atoms with Gasteiger partial charge in [-0.05, 0) is 6.07 Å². The molecule has 1 aliphatic heterocycles. The molecule has 0 radical (unpaired) electrons. The molecule has 0 bridgehead atoms. The van der Waals surface area contributed by atoms with Crippen molar-refractivity contribution in [3.63, 3.8) is 0 Å². The molecule has 0 saturated carbocycles. The number of amides is 1. The quantitative estimate of drug-likeness (QED) is 0.809. The molecule has 2 atom stereocenters. The van der Waals surface area contributed by atoms with Gasteiger partial charge in [-0.25, -0.2) is 0 Å². The number of benzene rings is 1. The van der Waals surface area contributed by atoms with Crippen molar-refractivity contribution in [1.29, 1.82) is 0 Å². The van der Waals surface area contributed by atoms with Gasteiger partial charge in [-0.1, -0.05) is 18.2 Å². The van der Waals surface area contributed by atoms with E-state index in [1.807, 2.05) is 24.3 Å². The monoisotopic (exact) mass is 221 g/mol. The Morgan fingerprint density at radius 2 is 2.12 bits per heavy atom. The molecule has 1 aromatic carbocycles. The van der Waals surface area contributed by atoms with E-state index in [9.17, 15) is 9.90 Å². The van der Waals surface area contributed by atoms with Crippen LogP contribution in [0.2, 0.25) is 0 Å². The van der Waals surface area contributed by atoms with Crippen LogP contribution in [0.15, 0.2) is 24.3 Å². The van der Waals surface area contributed by atoms with E-state index in [4.69, 9.17) is 4.74 Å². The summed E-state index contributed by atoms with van der Waals surface area (Å²) in [5.74, 6) is 0.525. The smallest absolute Gasteiger partial charge is 0.251 e. The molecule has 0 spiro atoms. The van der Waals surface area contributed by atoms with E-state index >= 15 is 0 Å². The van der Waals surface area contributed by atoms with Crippen LogP contribution in [0.25, 0.3) is 0 Å². The Bertz CT molecular complexity index is 405. The van der Waals surface area contributed by atoms with Gasteiger partial charge in [0, 0.05) is 19.0 Å². The third-order valence-electron chi connectivity index (χ3n) is 3.04. The Balaban J connectivity index is 2.35. The fourth-order valence-electron chi connectivity index (χ4n) is 2.14. The number of likely N-dealkylation sites (tertiary alicyclic amines) is 1. The van der Waals surface area contributed by atoms with Gasteiger partial charge in [-0.15, -0.1) is 0 Å². The summed E-state index contributed by atoms with van der Waals surface area (Å²) in [7, 11) is 3.31. The second-order valence-electron chi connectivity index (χ2n) is 3.96. The molecule has 1 N–H and O–H groups in total. The van der Waals surface area contributed by atoms with Crippen LogP contribution in [-0.4, -0.2) is 36.2 Å². The molecule has 4 heteroatoms. The highest BCUT2D eigenvalue weighted by Crippen LogP contribution is 2.36. The Hall–Kier alpha value is -1.55. The highest BCUT2D eigenvalue weighted by Gasteiger charge is 2.37. The van der Waals surface area contributed by atoms with E-state index in [-0.39, 0.29) is 11.9 Å². The number of nitrogens with zero attached hydrogens (tertiary/aromatic N) is 1. The van der Waals surface area contributed by atoms with Crippen LogP contribution in [0, 0.1) is 0 Å². The van der Waals surface area contributed by atoms with E-state index in [1.165, 1.54) is 0 Å². The Morgan fingerprint density at radius 3 is 2.69 bits per heavy atom. The lowest BCUT2D eigenvalue weighted by atomic mass is 10.0. The zero-order valence-electron chi connectivity index (χ0n) is 9.38. The summed E-state index contributed by atoms with van der Waals surface area (Å²) in [6, 6.07) is 7.47. The number of rotatable bonds is 2. The molecule has 4 nitrogen and oxygen atoms in total. The Morgan fingerprint density at radius 1 is 1.44 bits per heavy atom. The first kappa shape index (κ1) is 11.0. The summed E-state index contributed by atoms with van der Waals surface area (Å²) in [6.45, 7) is 0. The second kappa shape index (κ2) is 4.14. The maximum Gasteiger partial charge on any atom is 0.251 e. The minimum absolute atomic E-state index is 0.0985. The normalized spacial score (nSPS) is 24.9. The fraction of sp³-hybridized carbons (Fsp3) is 0.417. The van der Waals surface area contributed by atoms with Crippen molar-refractivity contribution < 1.29 is 14.6 Å². The molecule has 1 aliphatic rings. The highest BCUT2D eigenvalue weighted by atomic mass is 16.5. The maximum atomic E-state index is 11.5. The van der Waals surface area contributed by atoms with Crippen molar-refractivity contribution in [2.75, 3.05) is 14.2 Å². The Labute approximate surface area is 94.4 Å². The molecule has 1 fully saturated rings. The van der Waals surface area contributed by atoms with Gasteiger partial charge in [-0.2, -0.15) is 0 Å². The first-order chi connectivity index (χ1) is 7.65. The van der Waals surface area contributed by atoms with Gasteiger partial charge in [0.05, 0.1) is 13.2 Å². The van der Waals surface area contributed by atoms with Gasteiger partial charge in [0.15, 0.2) is 0 Å². The third kappa shape index (κ3) is 1.65. The number of carbonyl (C=O) groups excluding carboxylic acids is 1. The van der Waals surface area contributed by atoms with Crippen LogP contribution in [0.3, 0.4) is 0 Å². The molecule has 1 aromatic rings. The van der Waals surface area contributed by atoms with E-state index in [0.717, 1.165) is 11.3 Å². The molecule has 2 rings (SSSR count). The summed E-state index contributed by atoms with van der Waals surface area (Å²) in [5, 5.41) is 9.53. The number of hydrogen-bond donors (Lipinski definition) is 1. The first-order valence-electron chi connectivity index (χ1n) is 5.22. The number of methoxy groups -OCH3 is 1. The van der Waals surface area contributed by atoms with E-state index < -0.39 is 6.10 Å². The van der Waals surface area contributed by atoms with E-state index in [1.54, 1.807) is 19.1 Å². The Kier molecular flexibility index (Phi) is 2.83. The number of para-hydroxylation sites is 1. The minimum atomic E-state index is -0.889. The minimum Gasteiger partial charge on any atom is -0.496 e. The zero-order valence-corrected chi connectivity index (χ0v) is 9.38. The van der Waals surface area contributed by atoms with Gasteiger partial charge in [-0.3, -0.25) is 4.79 Å². The predicted octanol–water partition coefficient (Wildman–Crippen LogP) is 0.959. The van der Waals surface area contributed by atoms with Crippen molar-refractivity contribution in [3.8, 4) is 5.75 Å². The SMILES string of the molecule is COc1ccccc1[C@@H]1C[C@H](O)C(=O)N1C. The van der Waals surface area contributed by atoms with E-state index in [0.29, 0.717) is 6.42 Å². The number of aliphatic hydroxyl groups excluding tert-OH is 1. The largest absolute Gasteiger partial charge is 0.496 e. The van der Waals surface area contributed by atoms with Crippen molar-refractivity contribution in [1.82, 2.24) is 4.90 Å². The van der Waals surface area contributed by atoms with Gasteiger partial charge in [0.25, 0.3) is 5.91 Å². The number of ether oxygens (including phenoxy) is 1. The van der Waals surface area contributed by atoms with E-state index in [2.05, 4.69) is 0 Å². The summed E-state index contributed by atoms with van der Waals surface area (Å²) < 4.78 is 5.26. The molecule has 0 aromatic heterocycles. The fourth-order valence-corrected chi connectivity index (χ4v) is 2.14. The van der Waals surface area contributed by atoms with Crippen LogP contribution in [0.1, 0.15) is 18.0 Å². The summed E-state index contributed by atoms with van der Waals surface area (Å²) in [4.78, 5) is 13.1. The second-order valence-corrected chi connectivity index (χ2v) is 3.96. The van der Waals surface area contributed by atoms with Crippen LogP contribution in [-0.2, 0) is 4.79 Å². The van der Waals surface area contributed by atoms with Gasteiger partial charge in [0.1, 0.15) is 11.9 Å². The molecular formula is C12H15NO3. The molecule has 16 heavy (non-hydrogen) atoms. The average molecular weight is 221 g/mol. The summed E-state index contributed by atoms with van der Waals surface area (Å²) in [5.41, 5.74) is 0.942. The number of aliphatic hydroxyl groups is 1. The van der Waals surface area contributed by atoms with Gasteiger partial charge >= 0.3 is 0 Å². The summed E-state index contributed by atoms with van der Waals surface area (Å²) >= 11 is 0. The topological polar surface area (TPSA) is 49.8 Å². The molecular weight excluding hydrogens is 206 g/mol. The van der Waals surface area contributed by atoms with Crippen molar-refractivity contribution in [3.05, 3.63) is 29.8 Å². The predicted molar refractivity (Wildman–Crippen MR) is 59.1 cm³/mol. The molecule has 1 heterocycles. The zero-order chi connectivity index (χ0) is 11.7. The van der Waals surface area contributed by atoms with Crippen molar-refractivity contribution >= 4 is 5.91 Å². The lowest BCUT2D eigenvalue weighted by Crippen LogP contribution is -2.26. The lowest BCUT2D eigenvalue weighted by molar-refractivity contribution is -0.134. The molecule has 0 unspecified atom stereocenters. The van der Waals surface area contributed by atoms with Crippen molar-refractivity contribution in [2.24, 2.45) is 0 Å². The third-order valence-corrected chi connectivity index (χ3v) is 3.04. The molecule has 86 valence electrons. The van der Waals surface area contributed by atoms with Crippen LogP contribution in [0.4, 0.5) is 0 Å². The number of carbonyl (C=O) groups is 1. The standard InChI is InChI=1S/C12H15NO3/c1-13-9(7-10(14)12(13)15)8-5-3-4-6-11(8)16-2/h3-6,9-10,14H,7H2,1-2H3/t9-,10-/m0/s1. The molecule has 1 saturated heterocycles. The molecule has 0 aliphatic carbocycles. The maximum absolute atomic E-state index is 11.5.